The molecule has 0 amide bonds. The molecule has 0 fully saturated rings. The second-order valence-corrected chi connectivity index (χ2v) is 6.95. The van der Waals surface area contributed by atoms with Gasteiger partial charge in [0, 0.05) is 15.1 Å². The monoisotopic (exact) mass is 394 g/mol. The van der Waals surface area contributed by atoms with Gasteiger partial charge in [0.15, 0.2) is 0 Å². The zero-order chi connectivity index (χ0) is 14.1. The standard InChI is InChI=1S/C16H16Br2N2/c1-10-8-12(17)16(13(18)9-10)20-14-6-2-4-11-5-3-7-19-15(11)14/h3,5,7-9,14,20H,2,4,6H2,1H3. The summed E-state index contributed by atoms with van der Waals surface area (Å²) in [6.07, 6.45) is 5.35. The van der Waals surface area contributed by atoms with Gasteiger partial charge < -0.3 is 5.32 Å². The second kappa shape index (κ2) is 5.86. The first-order chi connectivity index (χ1) is 9.65. The Kier molecular flexibility index (Phi) is 4.13. The summed E-state index contributed by atoms with van der Waals surface area (Å²) < 4.78 is 2.18. The lowest BCUT2D eigenvalue weighted by molar-refractivity contribution is 0.583. The van der Waals surface area contributed by atoms with Gasteiger partial charge in [0.05, 0.1) is 17.4 Å². The van der Waals surface area contributed by atoms with E-state index < -0.39 is 0 Å². The molecule has 1 N–H and O–H groups in total. The summed E-state index contributed by atoms with van der Waals surface area (Å²) in [6.45, 7) is 2.09. The molecule has 104 valence electrons. The Balaban J connectivity index is 1.94. The van der Waals surface area contributed by atoms with Crippen molar-refractivity contribution in [2.75, 3.05) is 5.32 Å². The Bertz CT molecular complexity index is 617. The van der Waals surface area contributed by atoms with Crippen LogP contribution in [0.1, 0.15) is 35.7 Å². The van der Waals surface area contributed by atoms with E-state index >= 15 is 0 Å². The van der Waals surface area contributed by atoms with Crippen LogP contribution in [-0.2, 0) is 6.42 Å². The molecule has 1 atom stereocenters. The first-order valence-corrected chi connectivity index (χ1v) is 8.39. The Morgan fingerprint density at radius 2 is 2.00 bits per heavy atom. The largest absolute Gasteiger partial charge is 0.375 e. The molecule has 1 aliphatic carbocycles. The summed E-state index contributed by atoms with van der Waals surface area (Å²) in [5.74, 6) is 0. The number of hydrogen-bond donors (Lipinski definition) is 1. The van der Waals surface area contributed by atoms with Crippen molar-refractivity contribution >= 4 is 37.5 Å². The van der Waals surface area contributed by atoms with Crippen LogP contribution < -0.4 is 5.32 Å². The van der Waals surface area contributed by atoms with Crippen LogP contribution in [0, 0.1) is 6.92 Å². The van der Waals surface area contributed by atoms with Gasteiger partial charge in [-0.25, -0.2) is 0 Å². The van der Waals surface area contributed by atoms with Gasteiger partial charge >= 0.3 is 0 Å². The average Bonchev–Trinajstić information content (AvgIpc) is 2.43. The fraction of sp³-hybridized carbons (Fsp3) is 0.312. The van der Waals surface area contributed by atoms with Crippen molar-refractivity contribution in [3.05, 3.63) is 56.2 Å². The van der Waals surface area contributed by atoms with Crippen molar-refractivity contribution in [1.29, 1.82) is 0 Å². The number of hydrogen-bond acceptors (Lipinski definition) is 2. The van der Waals surface area contributed by atoms with Gasteiger partial charge in [0.2, 0.25) is 0 Å². The summed E-state index contributed by atoms with van der Waals surface area (Å²) >= 11 is 7.30. The molecule has 1 aromatic carbocycles. The zero-order valence-electron chi connectivity index (χ0n) is 11.3. The highest BCUT2D eigenvalue weighted by Gasteiger charge is 2.22. The third kappa shape index (κ3) is 2.77. The highest BCUT2D eigenvalue weighted by atomic mass is 79.9. The highest BCUT2D eigenvalue weighted by Crippen LogP contribution is 2.37. The van der Waals surface area contributed by atoms with Crippen LogP contribution in [0.4, 0.5) is 5.69 Å². The van der Waals surface area contributed by atoms with Crippen LogP contribution in [0.2, 0.25) is 0 Å². The van der Waals surface area contributed by atoms with Crippen molar-refractivity contribution in [3.63, 3.8) is 0 Å². The molecule has 2 aromatic rings. The van der Waals surface area contributed by atoms with E-state index in [1.165, 1.54) is 23.2 Å². The van der Waals surface area contributed by atoms with Crippen LogP contribution in [0.5, 0.6) is 0 Å². The first-order valence-electron chi connectivity index (χ1n) is 6.81. The number of halogens is 2. The van der Waals surface area contributed by atoms with Gasteiger partial charge in [-0.05, 0) is 87.4 Å². The molecule has 1 heterocycles. The van der Waals surface area contributed by atoms with Crippen molar-refractivity contribution in [2.24, 2.45) is 0 Å². The molecule has 1 unspecified atom stereocenters. The normalized spacial score (nSPS) is 17.6. The Morgan fingerprint density at radius 3 is 2.75 bits per heavy atom. The fourth-order valence-electron chi connectivity index (χ4n) is 2.76. The van der Waals surface area contributed by atoms with E-state index in [0.717, 1.165) is 27.5 Å². The summed E-state index contributed by atoms with van der Waals surface area (Å²) in [7, 11) is 0. The summed E-state index contributed by atoms with van der Waals surface area (Å²) in [5, 5.41) is 3.64. The molecule has 4 heteroatoms. The number of fused-ring (bicyclic) bond motifs is 1. The lowest BCUT2D eigenvalue weighted by Gasteiger charge is -2.27. The minimum absolute atomic E-state index is 0.287. The van der Waals surface area contributed by atoms with Crippen LogP contribution >= 0.6 is 31.9 Å². The van der Waals surface area contributed by atoms with E-state index in [9.17, 15) is 0 Å². The number of anilines is 1. The molecule has 1 aromatic heterocycles. The molecule has 1 aliphatic rings. The smallest absolute Gasteiger partial charge is 0.0688 e. The molecule has 0 bridgehead atoms. The van der Waals surface area contributed by atoms with Crippen molar-refractivity contribution in [2.45, 2.75) is 32.2 Å². The van der Waals surface area contributed by atoms with E-state index in [1.807, 2.05) is 12.3 Å². The molecule has 20 heavy (non-hydrogen) atoms. The first kappa shape index (κ1) is 14.1. The molecule has 0 saturated carbocycles. The number of nitrogens with zero attached hydrogens (tertiary/aromatic N) is 1. The fourth-order valence-corrected chi connectivity index (χ4v) is 4.41. The molecule has 2 nitrogen and oxygen atoms in total. The van der Waals surface area contributed by atoms with Gasteiger partial charge in [0.1, 0.15) is 0 Å². The lowest BCUT2D eigenvalue weighted by Crippen LogP contribution is -2.19. The van der Waals surface area contributed by atoms with E-state index in [2.05, 4.69) is 67.3 Å². The molecular formula is C16H16Br2N2. The maximum atomic E-state index is 4.58. The molecule has 0 saturated heterocycles. The van der Waals surface area contributed by atoms with Crippen LogP contribution in [0.3, 0.4) is 0 Å². The minimum Gasteiger partial charge on any atom is -0.375 e. The third-order valence-electron chi connectivity index (χ3n) is 3.70. The van der Waals surface area contributed by atoms with Crippen molar-refractivity contribution in [1.82, 2.24) is 4.98 Å². The summed E-state index contributed by atoms with van der Waals surface area (Å²) in [4.78, 5) is 4.58. The van der Waals surface area contributed by atoms with Gasteiger partial charge in [-0.15, -0.1) is 0 Å². The number of benzene rings is 1. The topological polar surface area (TPSA) is 24.9 Å². The van der Waals surface area contributed by atoms with Crippen LogP contribution in [0.25, 0.3) is 0 Å². The molecule has 0 aliphatic heterocycles. The highest BCUT2D eigenvalue weighted by molar-refractivity contribution is 9.11. The Labute approximate surface area is 136 Å². The Hall–Kier alpha value is -0.870. The minimum atomic E-state index is 0.287. The number of pyridine rings is 1. The number of aromatic nitrogens is 1. The van der Waals surface area contributed by atoms with Crippen LogP contribution in [0.15, 0.2) is 39.4 Å². The lowest BCUT2D eigenvalue weighted by atomic mass is 9.92. The van der Waals surface area contributed by atoms with E-state index in [1.54, 1.807) is 0 Å². The third-order valence-corrected chi connectivity index (χ3v) is 4.95. The number of aryl methyl sites for hydroxylation is 2. The SMILES string of the molecule is Cc1cc(Br)c(NC2CCCc3cccnc32)c(Br)c1. The number of nitrogens with one attached hydrogen (secondary N) is 1. The molecule has 0 radical (unpaired) electrons. The van der Waals surface area contributed by atoms with E-state index in [0.29, 0.717) is 0 Å². The molecule has 3 rings (SSSR count). The van der Waals surface area contributed by atoms with Gasteiger partial charge in [-0.3, -0.25) is 4.98 Å². The second-order valence-electron chi connectivity index (χ2n) is 5.24. The van der Waals surface area contributed by atoms with E-state index in [4.69, 9.17) is 0 Å². The zero-order valence-corrected chi connectivity index (χ0v) is 14.5. The Morgan fingerprint density at radius 1 is 1.25 bits per heavy atom. The maximum Gasteiger partial charge on any atom is 0.0688 e. The average molecular weight is 396 g/mol. The van der Waals surface area contributed by atoms with Crippen molar-refractivity contribution in [3.8, 4) is 0 Å². The molecule has 0 spiro atoms. The van der Waals surface area contributed by atoms with Gasteiger partial charge in [-0.2, -0.15) is 0 Å². The summed E-state index contributed by atoms with van der Waals surface area (Å²) in [5.41, 5.74) is 4.91. The predicted octanol–water partition coefficient (Wildman–Crippen LogP) is 5.40. The number of rotatable bonds is 2. The summed E-state index contributed by atoms with van der Waals surface area (Å²) in [6, 6.07) is 8.77. The van der Waals surface area contributed by atoms with Crippen molar-refractivity contribution < 1.29 is 0 Å². The molecular weight excluding hydrogens is 380 g/mol. The maximum absolute atomic E-state index is 4.58. The van der Waals surface area contributed by atoms with E-state index in [-0.39, 0.29) is 6.04 Å². The quantitative estimate of drug-likeness (QED) is 0.735. The van der Waals surface area contributed by atoms with Gasteiger partial charge in [-0.1, -0.05) is 6.07 Å². The van der Waals surface area contributed by atoms with Gasteiger partial charge in [0.25, 0.3) is 0 Å². The van der Waals surface area contributed by atoms with Crippen LogP contribution in [-0.4, -0.2) is 4.98 Å². The predicted molar refractivity (Wildman–Crippen MR) is 90.1 cm³/mol.